The lowest BCUT2D eigenvalue weighted by molar-refractivity contribution is 0.181. The van der Waals surface area contributed by atoms with Gasteiger partial charge in [-0.3, -0.25) is 0 Å². The van der Waals surface area contributed by atoms with Gasteiger partial charge in [-0.15, -0.1) is 0 Å². The molecule has 0 heterocycles. The molecule has 0 aliphatic heterocycles. The lowest BCUT2D eigenvalue weighted by Crippen LogP contribution is -2.17. The van der Waals surface area contributed by atoms with E-state index in [4.69, 9.17) is 4.74 Å². The second-order valence-corrected chi connectivity index (χ2v) is 9.39. The standard InChI is InChI=1S/C27H38O2/c1-4-5-6-10-17-27(2,3)23-14-16-25(22-13-15-24(28)18-22)26(19-23)29-20-21-11-8-7-9-12-21/h7-9,11-12,14,16,19,22,24,28H,4-6,10,13,15,17-18,20H2,1-3H3/t22-,24-/m1/s1. The van der Waals surface area contributed by atoms with Crippen molar-refractivity contribution >= 4 is 0 Å². The molecule has 2 nitrogen and oxygen atoms in total. The Morgan fingerprint density at radius 1 is 1.00 bits per heavy atom. The summed E-state index contributed by atoms with van der Waals surface area (Å²) in [7, 11) is 0. The average molecular weight is 395 g/mol. The van der Waals surface area contributed by atoms with Gasteiger partial charge in [-0.25, -0.2) is 0 Å². The average Bonchev–Trinajstić information content (AvgIpc) is 3.16. The molecule has 158 valence electrons. The molecule has 2 heteroatoms. The van der Waals surface area contributed by atoms with Crippen molar-refractivity contribution in [2.75, 3.05) is 0 Å². The molecule has 0 bridgehead atoms. The van der Waals surface area contributed by atoms with E-state index in [9.17, 15) is 5.11 Å². The Morgan fingerprint density at radius 3 is 2.48 bits per heavy atom. The molecule has 2 atom stereocenters. The minimum absolute atomic E-state index is 0.145. The van der Waals surface area contributed by atoms with Gasteiger partial charge in [0.1, 0.15) is 12.4 Å². The third-order valence-corrected chi connectivity index (χ3v) is 6.53. The van der Waals surface area contributed by atoms with Gasteiger partial charge in [-0.1, -0.05) is 88.9 Å². The third kappa shape index (κ3) is 6.09. The molecule has 1 saturated carbocycles. The van der Waals surface area contributed by atoms with Crippen molar-refractivity contribution < 1.29 is 9.84 Å². The number of hydrogen-bond donors (Lipinski definition) is 1. The van der Waals surface area contributed by atoms with E-state index in [1.807, 2.05) is 6.07 Å². The minimum Gasteiger partial charge on any atom is -0.489 e. The van der Waals surface area contributed by atoms with Crippen LogP contribution in [0, 0.1) is 0 Å². The van der Waals surface area contributed by atoms with Gasteiger partial charge in [0.15, 0.2) is 0 Å². The maximum Gasteiger partial charge on any atom is 0.123 e. The van der Waals surface area contributed by atoms with E-state index in [1.165, 1.54) is 48.8 Å². The number of benzene rings is 2. The molecular weight excluding hydrogens is 356 g/mol. The van der Waals surface area contributed by atoms with Gasteiger partial charge in [0, 0.05) is 0 Å². The Balaban J connectivity index is 1.79. The maximum atomic E-state index is 10.0. The lowest BCUT2D eigenvalue weighted by atomic mass is 9.79. The highest BCUT2D eigenvalue weighted by molar-refractivity contribution is 5.43. The van der Waals surface area contributed by atoms with E-state index < -0.39 is 0 Å². The van der Waals surface area contributed by atoms with E-state index in [2.05, 4.69) is 63.2 Å². The van der Waals surface area contributed by atoms with E-state index in [-0.39, 0.29) is 11.5 Å². The molecule has 1 N–H and O–H groups in total. The zero-order chi connectivity index (χ0) is 20.7. The topological polar surface area (TPSA) is 29.5 Å². The smallest absolute Gasteiger partial charge is 0.123 e. The fourth-order valence-corrected chi connectivity index (χ4v) is 4.53. The first-order valence-corrected chi connectivity index (χ1v) is 11.5. The van der Waals surface area contributed by atoms with Crippen molar-refractivity contribution in [2.24, 2.45) is 0 Å². The van der Waals surface area contributed by atoms with Gasteiger partial charge in [0.05, 0.1) is 6.10 Å². The predicted octanol–water partition coefficient (Wildman–Crippen LogP) is 7.14. The second-order valence-electron chi connectivity index (χ2n) is 9.39. The molecule has 1 aliphatic carbocycles. The zero-order valence-electron chi connectivity index (χ0n) is 18.5. The number of hydrogen-bond acceptors (Lipinski definition) is 2. The van der Waals surface area contributed by atoms with Crippen LogP contribution >= 0.6 is 0 Å². The number of rotatable bonds is 10. The molecule has 1 aliphatic rings. The quantitative estimate of drug-likeness (QED) is 0.434. The van der Waals surface area contributed by atoms with Crippen LogP contribution in [0.3, 0.4) is 0 Å². The van der Waals surface area contributed by atoms with Crippen LogP contribution in [0.25, 0.3) is 0 Å². The summed E-state index contributed by atoms with van der Waals surface area (Å²) in [6.07, 6.45) is 9.01. The molecule has 0 radical (unpaired) electrons. The van der Waals surface area contributed by atoms with Gasteiger partial charge in [0.25, 0.3) is 0 Å². The molecular formula is C27H38O2. The highest BCUT2D eigenvalue weighted by Gasteiger charge is 2.28. The second kappa shape index (κ2) is 10.3. The lowest BCUT2D eigenvalue weighted by Gasteiger charge is -2.27. The molecule has 3 rings (SSSR count). The van der Waals surface area contributed by atoms with Crippen LogP contribution in [0.15, 0.2) is 48.5 Å². The molecule has 0 spiro atoms. The fourth-order valence-electron chi connectivity index (χ4n) is 4.53. The van der Waals surface area contributed by atoms with Crippen molar-refractivity contribution in [1.82, 2.24) is 0 Å². The van der Waals surface area contributed by atoms with Crippen LogP contribution in [0.1, 0.15) is 94.7 Å². The maximum absolute atomic E-state index is 10.0. The Bertz CT molecular complexity index is 750. The van der Waals surface area contributed by atoms with Crippen LogP contribution < -0.4 is 4.74 Å². The van der Waals surface area contributed by atoms with Crippen LogP contribution in [0.4, 0.5) is 0 Å². The number of aliphatic hydroxyl groups is 1. The van der Waals surface area contributed by atoms with Crippen molar-refractivity contribution in [3.8, 4) is 5.75 Å². The van der Waals surface area contributed by atoms with E-state index in [0.29, 0.717) is 12.5 Å². The van der Waals surface area contributed by atoms with Gasteiger partial charge >= 0.3 is 0 Å². The first-order valence-electron chi connectivity index (χ1n) is 11.5. The molecule has 2 aromatic carbocycles. The first-order chi connectivity index (χ1) is 14.0. The number of unbranched alkanes of at least 4 members (excludes halogenated alkanes) is 3. The summed E-state index contributed by atoms with van der Waals surface area (Å²) >= 11 is 0. The molecule has 29 heavy (non-hydrogen) atoms. The summed E-state index contributed by atoms with van der Waals surface area (Å²) in [6.45, 7) is 7.56. The summed E-state index contributed by atoms with van der Waals surface area (Å²) in [4.78, 5) is 0. The Labute approximate surface area is 177 Å². The molecule has 1 fully saturated rings. The summed E-state index contributed by atoms with van der Waals surface area (Å²) in [5, 5.41) is 10.0. The normalized spacial score (nSPS) is 19.4. The predicted molar refractivity (Wildman–Crippen MR) is 122 cm³/mol. The van der Waals surface area contributed by atoms with Crippen LogP contribution in [-0.4, -0.2) is 11.2 Å². The van der Waals surface area contributed by atoms with Crippen molar-refractivity contribution in [1.29, 1.82) is 0 Å². The monoisotopic (exact) mass is 394 g/mol. The van der Waals surface area contributed by atoms with Crippen molar-refractivity contribution in [3.05, 3.63) is 65.2 Å². The van der Waals surface area contributed by atoms with Crippen molar-refractivity contribution in [3.63, 3.8) is 0 Å². The van der Waals surface area contributed by atoms with E-state index >= 15 is 0 Å². The summed E-state index contributed by atoms with van der Waals surface area (Å²) in [5.74, 6) is 1.41. The van der Waals surface area contributed by atoms with Gasteiger partial charge in [-0.2, -0.15) is 0 Å². The zero-order valence-corrected chi connectivity index (χ0v) is 18.5. The summed E-state index contributed by atoms with van der Waals surface area (Å²) in [5.41, 5.74) is 3.96. The molecule has 0 amide bonds. The van der Waals surface area contributed by atoms with Gasteiger partial charge < -0.3 is 9.84 Å². The SMILES string of the molecule is CCCCCCC(C)(C)c1ccc([C@@H]2CC[C@@H](O)C2)c(OCc2ccccc2)c1. The third-order valence-electron chi connectivity index (χ3n) is 6.53. The van der Waals surface area contributed by atoms with Crippen molar-refractivity contribution in [2.45, 2.75) is 96.2 Å². The van der Waals surface area contributed by atoms with Crippen LogP contribution in [-0.2, 0) is 12.0 Å². The van der Waals surface area contributed by atoms with Crippen LogP contribution in [0.5, 0.6) is 5.75 Å². The largest absolute Gasteiger partial charge is 0.489 e. The molecule has 0 aromatic heterocycles. The van der Waals surface area contributed by atoms with E-state index in [1.54, 1.807) is 0 Å². The van der Waals surface area contributed by atoms with Gasteiger partial charge in [0.2, 0.25) is 0 Å². The van der Waals surface area contributed by atoms with E-state index in [0.717, 1.165) is 25.0 Å². The number of ether oxygens (including phenoxy) is 1. The number of aliphatic hydroxyl groups excluding tert-OH is 1. The molecule has 0 unspecified atom stereocenters. The molecule has 2 aromatic rings. The highest BCUT2D eigenvalue weighted by atomic mass is 16.5. The molecule has 0 saturated heterocycles. The summed E-state index contributed by atoms with van der Waals surface area (Å²) in [6, 6.07) is 17.2. The van der Waals surface area contributed by atoms with Gasteiger partial charge in [-0.05, 0) is 59.8 Å². The van der Waals surface area contributed by atoms with Crippen LogP contribution in [0.2, 0.25) is 0 Å². The highest BCUT2D eigenvalue weighted by Crippen LogP contribution is 2.41. The Morgan fingerprint density at radius 2 is 1.79 bits per heavy atom. The Kier molecular flexibility index (Phi) is 7.77. The Hall–Kier alpha value is -1.80. The first kappa shape index (κ1) is 21.9. The summed E-state index contributed by atoms with van der Waals surface area (Å²) < 4.78 is 6.37. The fraction of sp³-hybridized carbons (Fsp3) is 0.556. The minimum atomic E-state index is -0.170.